The third-order valence-electron chi connectivity index (χ3n) is 10.7. The fourth-order valence-corrected chi connectivity index (χ4v) is 8.32. The lowest BCUT2D eigenvalue weighted by molar-refractivity contribution is 1.26. The van der Waals surface area contributed by atoms with Crippen molar-refractivity contribution < 1.29 is 0 Å². The van der Waals surface area contributed by atoms with Gasteiger partial charge in [-0.1, -0.05) is 188 Å². The summed E-state index contributed by atoms with van der Waals surface area (Å²) in [7, 11) is 0. The van der Waals surface area contributed by atoms with Crippen molar-refractivity contribution >= 4 is 21.5 Å². The molecule has 0 N–H and O–H groups in total. The Labute approximate surface area is 298 Å². The molecule has 0 atom stereocenters. The fourth-order valence-electron chi connectivity index (χ4n) is 8.32. The third-order valence-corrected chi connectivity index (χ3v) is 10.7. The maximum atomic E-state index is 2.46. The van der Waals surface area contributed by atoms with Gasteiger partial charge in [0.15, 0.2) is 0 Å². The van der Waals surface area contributed by atoms with E-state index in [-0.39, 0.29) is 0 Å². The summed E-state index contributed by atoms with van der Waals surface area (Å²) in [5.41, 5.74) is 18.0. The van der Waals surface area contributed by atoms with Gasteiger partial charge in [-0.05, 0) is 112 Å². The van der Waals surface area contributed by atoms with Crippen molar-refractivity contribution in [2.75, 3.05) is 0 Å². The van der Waals surface area contributed by atoms with Gasteiger partial charge in [-0.2, -0.15) is 0 Å². The highest BCUT2D eigenvalue weighted by atomic mass is 14.3. The molecule has 0 aliphatic heterocycles. The fraction of sp³-hybridized carbons (Fsp3) is 0.0196. The summed E-state index contributed by atoms with van der Waals surface area (Å²) in [6.45, 7) is 0. The molecule has 0 aromatic heterocycles. The molecule has 9 aromatic carbocycles. The van der Waals surface area contributed by atoms with Gasteiger partial charge < -0.3 is 0 Å². The van der Waals surface area contributed by atoms with Crippen molar-refractivity contribution in [3.05, 3.63) is 205 Å². The lowest BCUT2D eigenvalue weighted by atomic mass is 9.83. The van der Waals surface area contributed by atoms with E-state index in [4.69, 9.17) is 0 Å². The van der Waals surface area contributed by atoms with Gasteiger partial charge in [-0.15, -0.1) is 0 Å². The molecular formula is C51H34. The van der Waals surface area contributed by atoms with Crippen LogP contribution in [0.15, 0.2) is 194 Å². The molecule has 0 unspecified atom stereocenters. The highest BCUT2D eigenvalue weighted by Crippen LogP contribution is 2.48. The van der Waals surface area contributed by atoms with Crippen LogP contribution in [0.3, 0.4) is 0 Å². The summed E-state index contributed by atoms with van der Waals surface area (Å²) in [6.07, 6.45) is 0.986. The number of hydrogen-bond donors (Lipinski definition) is 0. The number of hydrogen-bond acceptors (Lipinski definition) is 0. The van der Waals surface area contributed by atoms with Gasteiger partial charge in [0.05, 0.1) is 0 Å². The van der Waals surface area contributed by atoms with Crippen LogP contribution in [0, 0.1) is 0 Å². The molecule has 0 bridgehead atoms. The maximum absolute atomic E-state index is 2.46. The van der Waals surface area contributed by atoms with Gasteiger partial charge >= 0.3 is 0 Å². The van der Waals surface area contributed by atoms with Crippen LogP contribution in [-0.2, 0) is 6.42 Å². The van der Waals surface area contributed by atoms with Crippen molar-refractivity contribution in [3.63, 3.8) is 0 Å². The summed E-state index contributed by atoms with van der Waals surface area (Å²) >= 11 is 0. The molecule has 1 aliphatic rings. The molecule has 0 radical (unpaired) electrons. The molecule has 0 nitrogen and oxygen atoms in total. The van der Waals surface area contributed by atoms with E-state index in [9.17, 15) is 0 Å². The van der Waals surface area contributed by atoms with E-state index in [0.717, 1.165) is 6.42 Å². The van der Waals surface area contributed by atoms with Crippen LogP contribution in [-0.4, -0.2) is 0 Å². The monoisotopic (exact) mass is 646 g/mol. The molecular weight excluding hydrogens is 613 g/mol. The summed E-state index contributed by atoms with van der Waals surface area (Å²) in [4.78, 5) is 0. The minimum absolute atomic E-state index is 0.986. The van der Waals surface area contributed by atoms with Crippen molar-refractivity contribution in [1.29, 1.82) is 0 Å². The van der Waals surface area contributed by atoms with Crippen LogP contribution in [0.1, 0.15) is 11.1 Å². The van der Waals surface area contributed by atoms with Crippen LogP contribution in [0.5, 0.6) is 0 Å². The van der Waals surface area contributed by atoms with Gasteiger partial charge in [-0.25, -0.2) is 0 Å². The van der Waals surface area contributed by atoms with Crippen molar-refractivity contribution in [3.8, 4) is 66.8 Å². The molecule has 10 rings (SSSR count). The Morgan fingerprint density at radius 3 is 1.29 bits per heavy atom. The van der Waals surface area contributed by atoms with Gasteiger partial charge in [-0.3, -0.25) is 0 Å². The Balaban J connectivity index is 1.23. The zero-order chi connectivity index (χ0) is 33.7. The average molecular weight is 647 g/mol. The van der Waals surface area contributed by atoms with E-state index in [0.29, 0.717) is 0 Å². The molecule has 1 aliphatic carbocycles. The van der Waals surface area contributed by atoms with E-state index < -0.39 is 0 Å². The molecule has 9 aromatic rings. The lowest BCUT2D eigenvalue weighted by Gasteiger charge is -2.20. The summed E-state index contributed by atoms with van der Waals surface area (Å²) in [5, 5.41) is 5.06. The van der Waals surface area contributed by atoms with Crippen LogP contribution in [0.25, 0.3) is 88.3 Å². The SMILES string of the molecule is c1ccc(-c2ccc(-c3c4ccccc4c(-c4ccc(-c5ccccc5)cc4)c4cc(-c5cccc6c5-c5ccccc5C6)ccc34)cc2)cc1. The van der Waals surface area contributed by atoms with E-state index in [1.165, 1.54) is 99.4 Å². The first-order chi connectivity index (χ1) is 25.3. The minimum atomic E-state index is 0.986. The molecule has 0 fully saturated rings. The third kappa shape index (κ3) is 4.99. The van der Waals surface area contributed by atoms with E-state index in [2.05, 4.69) is 194 Å². The molecule has 0 spiro atoms. The Hall–Kier alpha value is -6.50. The van der Waals surface area contributed by atoms with E-state index in [1.807, 2.05) is 0 Å². The topological polar surface area (TPSA) is 0 Å². The molecule has 0 heteroatoms. The predicted molar refractivity (Wildman–Crippen MR) is 217 cm³/mol. The highest BCUT2D eigenvalue weighted by molar-refractivity contribution is 6.22. The van der Waals surface area contributed by atoms with Crippen molar-refractivity contribution in [2.24, 2.45) is 0 Å². The van der Waals surface area contributed by atoms with Crippen LogP contribution in [0.4, 0.5) is 0 Å². The maximum Gasteiger partial charge on any atom is -0.00132 e. The first-order valence-corrected chi connectivity index (χ1v) is 17.8. The van der Waals surface area contributed by atoms with Crippen molar-refractivity contribution in [2.45, 2.75) is 6.42 Å². The quantitative estimate of drug-likeness (QED) is 0.163. The van der Waals surface area contributed by atoms with Crippen LogP contribution < -0.4 is 0 Å². The Morgan fingerprint density at radius 1 is 0.235 bits per heavy atom. The minimum Gasteiger partial charge on any atom is -0.0622 e. The molecule has 0 amide bonds. The standard InChI is InChI=1S/C51H34/c1-3-12-34(13-4-1)36-22-26-38(27-23-36)49-45-19-9-10-20-46(45)50(39-28-24-37(25-29-39)35-14-5-2-6-15-35)48-33-41(30-31-47(48)49)44-21-11-17-42-32-40-16-7-8-18-43(40)51(42)44/h1-31,33H,32H2. The Morgan fingerprint density at radius 2 is 0.667 bits per heavy atom. The summed E-state index contributed by atoms with van der Waals surface area (Å²) < 4.78 is 0. The zero-order valence-corrected chi connectivity index (χ0v) is 28.2. The Kier molecular flexibility index (Phi) is 6.99. The lowest BCUT2D eigenvalue weighted by Crippen LogP contribution is -1.93. The second-order valence-corrected chi connectivity index (χ2v) is 13.6. The summed E-state index contributed by atoms with van der Waals surface area (Å²) in [5.74, 6) is 0. The largest absolute Gasteiger partial charge is 0.0622 e. The molecule has 238 valence electrons. The number of fused-ring (bicyclic) bond motifs is 5. The molecule has 0 saturated carbocycles. The van der Waals surface area contributed by atoms with E-state index >= 15 is 0 Å². The second-order valence-electron chi connectivity index (χ2n) is 13.6. The second kappa shape index (κ2) is 12.1. The van der Waals surface area contributed by atoms with E-state index in [1.54, 1.807) is 0 Å². The van der Waals surface area contributed by atoms with Gasteiger partial charge in [0.2, 0.25) is 0 Å². The van der Waals surface area contributed by atoms with Gasteiger partial charge in [0.1, 0.15) is 0 Å². The van der Waals surface area contributed by atoms with Gasteiger partial charge in [0.25, 0.3) is 0 Å². The first kappa shape index (κ1) is 29.4. The number of rotatable bonds is 5. The smallest absolute Gasteiger partial charge is 0.00132 e. The average Bonchev–Trinajstić information content (AvgIpc) is 3.60. The molecule has 0 saturated heterocycles. The van der Waals surface area contributed by atoms with Crippen molar-refractivity contribution in [1.82, 2.24) is 0 Å². The normalized spacial score (nSPS) is 11.8. The molecule has 0 heterocycles. The van der Waals surface area contributed by atoms with Gasteiger partial charge in [0, 0.05) is 0 Å². The zero-order valence-electron chi connectivity index (χ0n) is 28.2. The predicted octanol–water partition coefficient (Wildman–Crippen LogP) is 13.9. The van der Waals surface area contributed by atoms with Crippen LogP contribution in [0.2, 0.25) is 0 Å². The highest BCUT2D eigenvalue weighted by Gasteiger charge is 2.23. The van der Waals surface area contributed by atoms with Crippen LogP contribution >= 0.6 is 0 Å². The summed E-state index contributed by atoms with van der Waals surface area (Å²) in [6, 6.07) is 71.4. The Bertz CT molecular complexity index is 2720. The first-order valence-electron chi connectivity index (χ1n) is 17.8. The molecule has 51 heavy (non-hydrogen) atoms. The number of benzene rings is 9.